The number of hydrogen-bond acceptors (Lipinski definition) is 3. The van der Waals surface area contributed by atoms with E-state index in [4.69, 9.17) is 5.73 Å². The highest BCUT2D eigenvalue weighted by atomic mass is 127. The average Bonchev–Trinajstić information content (AvgIpc) is 2.35. The number of rotatable bonds is 4. The van der Waals surface area contributed by atoms with Gasteiger partial charge in [0.2, 0.25) is 10.0 Å². The van der Waals surface area contributed by atoms with Gasteiger partial charge in [0.05, 0.1) is 11.4 Å². The molecule has 7 heteroatoms. The van der Waals surface area contributed by atoms with Crippen LogP contribution in [0.1, 0.15) is 5.56 Å². The van der Waals surface area contributed by atoms with E-state index in [0.717, 1.165) is 0 Å². The summed E-state index contributed by atoms with van der Waals surface area (Å²) in [6.07, 6.45) is 0. The topological polar surface area (TPSA) is 72.2 Å². The molecule has 20 heavy (non-hydrogen) atoms. The minimum atomic E-state index is -3.60. The average molecular weight is 406 g/mol. The Bertz CT molecular complexity index is 735. The molecule has 0 unspecified atom stereocenters. The highest BCUT2D eigenvalue weighted by Gasteiger charge is 2.15. The number of halogens is 2. The zero-order valence-electron chi connectivity index (χ0n) is 10.3. The van der Waals surface area contributed by atoms with Crippen LogP contribution in [0, 0.1) is 9.39 Å². The first-order valence-electron chi connectivity index (χ1n) is 5.66. The van der Waals surface area contributed by atoms with Crippen molar-refractivity contribution in [1.29, 1.82) is 0 Å². The third-order valence-electron chi connectivity index (χ3n) is 2.60. The molecule has 4 nitrogen and oxygen atoms in total. The van der Waals surface area contributed by atoms with Crippen molar-refractivity contribution in [3.8, 4) is 0 Å². The maximum Gasteiger partial charge on any atom is 0.237 e. The van der Waals surface area contributed by atoms with E-state index < -0.39 is 15.8 Å². The first kappa shape index (κ1) is 15.0. The molecule has 0 saturated heterocycles. The van der Waals surface area contributed by atoms with Gasteiger partial charge in [-0.1, -0.05) is 18.2 Å². The Hall–Kier alpha value is -1.35. The second-order valence-electron chi connectivity index (χ2n) is 4.18. The molecule has 0 fully saturated rings. The largest absolute Gasteiger partial charge is 0.398 e. The molecule has 0 bridgehead atoms. The Balaban J connectivity index is 2.22. The summed E-state index contributed by atoms with van der Waals surface area (Å²) >= 11 is 1.87. The number of anilines is 2. The molecule has 2 aromatic carbocycles. The van der Waals surface area contributed by atoms with E-state index in [1.54, 1.807) is 24.3 Å². The molecule has 2 aromatic rings. The van der Waals surface area contributed by atoms with Crippen LogP contribution in [0.5, 0.6) is 0 Å². The van der Waals surface area contributed by atoms with Crippen LogP contribution >= 0.6 is 22.6 Å². The number of nitrogens with one attached hydrogen (secondary N) is 1. The van der Waals surface area contributed by atoms with E-state index in [2.05, 4.69) is 4.72 Å². The molecule has 3 N–H and O–H groups in total. The monoisotopic (exact) mass is 406 g/mol. The van der Waals surface area contributed by atoms with Crippen molar-refractivity contribution in [2.24, 2.45) is 0 Å². The van der Waals surface area contributed by atoms with Crippen LogP contribution in [0.4, 0.5) is 15.8 Å². The van der Waals surface area contributed by atoms with E-state index >= 15 is 0 Å². The standard InChI is InChI=1S/C13H12FIN2O2S/c14-10-5-6-13(11(15)7-10)17-20(18,19)8-9-3-1-2-4-12(9)16/h1-7,17H,8,16H2. The molecule has 0 saturated carbocycles. The summed E-state index contributed by atoms with van der Waals surface area (Å²) in [6.45, 7) is 0. The fraction of sp³-hybridized carbons (Fsp3) is 0.0769. The summed E-state index contributed by atoms with van der Waals surface area (Å²) in [4.78, 5) is 0. The van der Waals surface area contributed by atoms with Gasteiger partial charge >= 0.3 is 0 Å². The zero-order valence-corrected chi connectivity index (χ0v) is 13.3. The van der Waals surface area contributed by atoms with Gasteiger partial charge in [0, 0.05) is 9.26 Å². The molecule has 0 aliphatic heterocycles. The van der Waals surface area contributed by atoms with Crippen LogP contribution in [0.25, 0.3) is 0 Å². The predicted molar refractivity (Wildman–Crippen MR) is 86.2 cm³/mol. The van der Waals surface area contributed by atoms with Gasteiger partial charge in [0.25, 0.3) is 0 Å². The molecule has 106 valence electrons. The minimum Gasteiger partial charge on any atom is -0.398 e. The smallest absolute Gasteiger partial charge is 0.237 e. The van der Waals surface area contributed by atoms with Crippen LogP contribution in [0.2, 0.25) is 0 Å². The second kappa shape index (κ2) is 5.96. The van der Waals surface area contributed by atoms with Gasteiger partial charge in [-0.2, -0.15) is 0 Å². The lowest BCUT2D eigenvalue weighted by molar-refractivity contribution is 0.600. The molecule has 0 spiro atoms. The lowest BCUT2D eigenvalue weighted by Gasteiger charge is -2.11. The van der Waals surface area contributed by atoms with Crippen molar-refractivity contribution in [2.45, 2.75) is 5.75 Å². The number of benzene rings is 2. The highest BCUT2D eigenvalue weighted by molar-refractivity contribution is 14.1. The van der Waals surface area contributed by atoms with E-state index in [1.165, 1.54) is 18.2 Å². The van der Waals surface area contributed by atoms with Gasteiger partial charge in [-0.05, 0) is 52.4 Å². The first-order chi connectivity index (χ1) is 9.37. The Morgan fingerprint density at radius 3 is 2.55 bits per heavy atom. The van der Waals surface area contributed by atoms with E-state index in [9.17, 15) is 12.8 Å². The lowest BCUT2D eigenvalue weighted by atomic mass is 10.2. The van der Waals surface area contributed by atoms with Gasteiger partial charge in [0.1, 0.15) is 5.82 Å². The Morgan fingerprint density at radius 1 is 1.20 bits per heavy atom. The molecule has 0 aliphatic carbocycles. The maximum absolute atomic E-state index is 13.0. The van der Waals surface area contributed by atoms with Gasteiger partial charge in [0.15, 0.2) is 0 Å². The van der Waals surface area contributed by atoms with Crippen molar-refractivity contribution in [1.82, 2.24) is 0 Å². The molecule has 0 heterocycles. The van der Waals surface area contributed by atoms with Crippen LogP contribution < -0.4 is 10.5 Å². The number of nitrogens with two attached hydrogens (primary N) is 1. The lowest BCUT2D eigenvalue weighted by Crippen LogP contribution is -2.16. The summed E-state index contributed by atoms with van der Waals surface area (Å²) in [7, 11) is -3.60. The summed E-state index contributed by atoms with van der Waals surface area (Å²) in [6, 6.07) is 10.6. The Labute approximate surface area is 130 Å². The molecule has 0 aliphatic rings. The molecule has 0 amide bonds. The van der Waals surface area contributed by atoms with Crippen LogP contribution in [-0.2, 0) is 15.8 Å². The Kier molecular flexibility index (Phi) is 4.48. The van der Waals surface area contributed by atoms with Crippen molar-refractivity contribution >= 4 is 44.0 Å². The predicted octanol–water partition coefficient (Wildman–Crippen LogP) is 2.95. The van der Waals surface area contributed by atoms with Crippen molar-refractivity contribution < 1.29 is 12.8 Å². The van der Waals surface area contributed by atoms with E-state index in [-0.39, 0.29) is 5.75 Å². The zero-order chi connectivity index (χ0) is 14.8. The number of hydrogen-bond donors (Lipinski definition) is 2. The fourth-order valence-corrected chi connectivity index (χ4v) is 3.70. The minimum absolute atomic E-state index is 0.229. The first-order valence-corrected chi connectivity index (χ1v) is 8.39. The molecular weight excluding hydrogens is 394 g/mol. The molecule has 0 aromatic heterocycles. The van der Waals surface area contributed by atoms with Gasteiger partial charge in [-0.3, -0.25) is 4.72 Å². The molecule has 0 atom stereocenters. The normalized spacial score (nSPS) is 11.3. The molecular formula is C13H12FIN2O2S. The Morgan fingerprint density at radius 2 is 1.90 bits per heavy atom. The van der Waals surface area contributed by atoms with Crippen molar-refractivity contribution in [3.05, 3.63) is 57.4 Å². The van der Waals surface area contributed by atoms with Gasteiger partial charge in [-0.25, -0.2) is 12.8 Å². The number of para-hydroxylation sites is 1. The summed E-state index contributed by atoms with van der Waals surface area (Å²) in [5.74, 6) is -0.641. The van der Waals surface area contributed by atoms with Crippen LogP contribution in [0.3, 0.4) is 0 Å². The second-order valence-corrected chi connectivity index (χ2v) is 7.07. The maximum atomic E-state index is 13.0. The number of sulfonamides is 1. The van der Waals surface area contributed by atoms with Gasteiger partial charge in [-0.15, -0.1) is 0 Å². The quantitative estimate of drug-likeness (QED) is 0.606. The highest BCUT2D eigenvalue weighted by Crippen LogP contribution is 2.22. The molecule has 0 radical (unpaired) electrons. The third-order valence-corrected chi connectivity index (χ3v) is 4.71. The van der Waals surface area contributed by atoms with Crippen LogP contribution in [-0.4, -0.2) is 8.42 Å². The van der Waals surface area contributed by atoms with Crippen LogP contribution in [0.15, 0.2) is 42.5 Å². The fourth-order valence-electron chi connectivity index (χ4n) is 1.65. The summed E-state index contributed by atoms with van der Waals surface area (Å²) < 4.78 is 40.1. The van der Waals surface area contributed by atoms with Crippen molar-refractivity contribution in [2.75, 3.05) is 10.5 Å². The van der Waals surface area contributed by atoms with Gasteiger partial charge < -0.3 is 5.73 Å². The summed E-state index contributed by atoms with van der Waals surface area (Å²) in [5, 5.41) is 0. The van der Waals surface area contributed by atoms with E-state index in [0.29, 0.717) is 20.5 Å². The summed E-state index contributed by atoms with van der Waals surface area (Å²) in [5.41, 5.74) is 7.02. The number of nitrogen functional groups attached to an aromatic ring is 1. The SMILES string of the molecule is Nc1ccccc1CS(=O)(=O)Nc1ccc(F)cc1I. The van der Waals surface area contributed by atoms with E-state index in [1.807, 2.05) is 22.6 Å². The molecule has 2 rings (SSSR count). The van der Waals surface area contributed by atoms with Crippen molar-refractivity contribution in [3.63, 3.8) is 0 Å². The third kappa shape index (κ3) is 3.83.